The molecular weight excluding hydrogens is 272 g/mol. The van der Waals surface area contributed by atoms with Crippen LogP contribution in [0, 0.1) is 47.3 Å². The summed E-state index contributed by atoms with van der Waals surface area (Å²) >= 11 is 0. The van der Waals surface area contributed by atoms with Gasteiger partial charge in [0.1, 0.15) is 5.60 Å². The molecule has 4 aliphatic carbocycles. The second kappa shape index (κ2) is 4.99. The molecule has 0 saturated heterocycles. The number of hydrogen-bond acceptors (Lipinski definition) is 2. The minimum Gasteiger partial charge on any atom is -0.393 e. The molecule has 0 aromatic rings. The molecule has 0 spiro atoms. The van der Waals surface area contributed by atoms with Gasteiger partial charge in [-0.2, -0.15) is 0 Å². The average Bonchev–Trinajstić information content (AvgIpc) is 2.79. The van der Waals surface area contributed by atoms with Crippen LogP contribution in [0.4, 0.5) is 0 Å². The zero-order valence-corrected chi connectivity index (χ0v) is 13.8. The summed E-state index contributed by atoms with van der Waals surface area (Å²) < 4.78 is 0. The van der Waals surface area contributed by atoms with E-state index in [2.05, 4.69) is 12.8 Å². The minimum absolute atomic E-state index is 0.0512. The van der Waals surface area contributed by atoms with Crippen molar-refractivity contribution in [1.82, 2.24) is 0 Å². The maximum atomic E-state index is 10.9. The van der Waals surface area contributed by atoms with Crippen LogP contribution < -0.4 is 0 Å². The van der Waals surface area contributed by atoms with Gasteiger partial charge in [0.05, 0.1) is 6.10 Å². The molecule has 2 nitrogen and oxygen atoms in total. The number of rotatable bonds is 0. The normalized spacial score (nSPS) is 57.4. The summed E-state index contributed by atoms with van der Waals surface area (Å²) in [6.07, 6.45) is 15.7. The van der Waals surface area contributed by atoms with Crippen molar-refractivity contribution in [2.45, 2.75) is 76.4 Å². The summed E-state index contributed by atoms with van der Waals surface area (Å²) in [7, 11) is 0. The largest absolute Gasteiger partial charge is 0.393 e. The third-order valence-corrected chi connectivity index (χ3v) is 8.32. The van der Waals surface area contributed by atoms with Crippen molar-refractivity contribution in [1.29, 1.82) is 0 Å². The predicted molar refractivity (Wildman–Crippen MR) is 86.9 cm³/mol. The lowest BCUT2D eigenvalue weighted by Gasteiger charge is -2.56. The Labute approximate surface area is 134 Å². The summed E-state index contributed by atoms with van der Waals surface area (Å²) in [5.74, 6) is 6.53. The first-order valence-corrected chi connectivity index (χ1v) is 9.37. The van der Waals surface area contributed by atoms with Crippen molar-refractivity contribution in [2.75, 3.05) is 0 Å². The molecule has 4 rings (SSSR count). The molecule has 0 bridgehead atoms. The highest BCUT2D eigenvalue weighted by atomic mass is 16.3. The van der Waals surface area contributed by atoms with Crippen molar-refractivity contribution in [3.8, 4) is 12.3 Å². The zero-order chi connectivity index (χ0) is 15.5. The van der Waals surface area contributed by atoms with Gasteiger partial charge < -0.3 is 10.2 Å². The van der Waals surface area contributed by atoms with Crippen LogP contribution in [0.2, 0.25) is 0 Å². The molecule has 0 aromatic heterocycles. The molecular formula is C20H30O2. The molecule has 2 N–H and O–H groups in total. The molecule has 122 valence electrons. The van der Waals surface area contributed by atoms with E-state index in [1.165, 1.54) is 25.7 Å². The number of aliphatic hydroxyl groups excluding tert-OH is 1. The summed E-state index contributed by atoms with van der Waals surface area (Å²) in [6, 6.07) is 0. The van der Waals surface area contributed by atoms with E-state index in [4.69, 9.17) is 6.42 Å². The lowest BCUT2D eigenvalue weighted by molar-refractivity contribution is -0.111. The molecule has 8 atom stereocenters. The van der Waals surface area contributed by atoms with E-state index in [1.807, 2.05) is 0 Å². The van der Waals surface area contributed by atoms with Gasteiger partial charge in [0.15, 0.2) is 0 Å². The van der Waals surface area contributed by atoms with E-state index in [0.717, 1.165) is 55.8 Å². The number of hydrogen-bond donors (Lipinski definition) is 2. The molecule has 0 unspecified atom stereocenters. The Kier molecular flexibility index (Phi) is 3.41. The van der Waals surface area contributed by atoms with E-state index < -0.39 is 5.60 Å². The summed E-state index contributed by atoms with van der Waals surface area (Å²) in [5, 5.41) is 20.9. The Morgan fingerprint density at radius 2 is 1.73 bits per heavy atom. The second-order valence-electron chi connectivity index (χ2n) is 8.90. The topological polar surface area (TPSA) is 40.5 Å². The molecule has 4 fully saturated rings. The van der Waals surface area contributed by atoms with E-state index in [9.17, 15) is 10.2 Å². The van der Waals surface area contributed by atoms with Crippen molar-refractivity contribution < 1.29 is 10.2 Å². The summed E-state index contributed by atoms with van der Waals surface area (Å²) in [5.41, 5.74) is -0.938. The van der Waals surface area contributed by atoms with Gasteiger partial charge >= 0.3 is 0 Å². The molecule has 4 saturated carbocycles. The fourth-order valence-corrected chi connectivity index (χ4v) is 7.08. The van der Waals surface area contributed by atoms with Gasteiger partial charge in [-0.25, -0.2) is 0 Å². The highest BCUT2D eigenvalue weighted by molar-refractivity contribution is 5.23. The molecule has 0 radical (unpaired) electrons. The van der Waals surface area contributed by atoms with Gasteiger partial charge in [-0.05, 0) is 87.4 Å². The Balaban J connectivity index is 1.60. The van der Waals surface area contributed by atoms with Gasteiger partial charge in [-0.3, -0.25) is 0 Å². The van der Waals surface area contributed by atoms with Crippen molar-refractivity contribution in [3.63, 3.8) is 0 Å². The van der Waals surface area contributed by atoms with Crippen LogP contribution in [0.25, 0.3) is 0 Å². The van der Waals surface area contributed by atoms with Crippen molar-refractivity contribution in [2.24, 2.45) is 35.0 Å². The third kappa shape index (κ3) is 1.88. The van der Waals surface area contributed by atoms with Crippen LogP contribution in [0.5, 0.6) is 0 Å². The molecule has 2 heteroatoms. The van der Waals surface area contributed by atoms with E-state index in [-0.39, 0.29) is 11.5 Å². The maximum absolute atomic E-state index is 10.9. The van der Waals surface area contributed by atoms with E-state index in [1.54, 1.807) is 0 Å². The average molecular weight is 302 g/mol. The fraction of sp³-hybridized carbons (Fsp3) is 0.900. The van der Waals surface area contributed by atoms with Gasteiger partial charge in [-0.15, -0.1) is 6.42 Å². The Hall–Kier alpha value is -0.520. The number of aliphatic hydroxyl groups is 2. The van der Waals surface area contributed by atoms with Gasteiger partial charge in [-0.1, -0.05) is 12.8 Å². The van der Waals surface area contributed by atoms with Crippen LogP contribution in [-0.4, -0.2) is 21.9 Å². The van der Waals surface area contributed by atoms with E-state index in [0.29, 0.717) is 5.92 Å². The fourth-order valence-electron chi connectivity index (χ4n) is 7.08. The first-order valence-electron chi connectivity index (χ1n) is 9.37. The zero-order valence-electron chi connectivity index (χ0n) is 13.8. The van der Waals surface area contributed by atoms with Crippen LogP contribution in [0.15, 0.2) is 0 Å². The standard InChI is InChI=1S/C20H30O2/c1-3-20(22)11-9-18-17-6-4-13-12-14(21)5-7-15(13)16(17)8-10-19(18,20)2/h1,13-18,21-22H,4-12H2,2H3/t13-,14-,15+,16-,17-,18+,19+,20+/m1/s1. The molecule has 4 aliphatic rings. The van der Waals surface area contributed by atoms with Gasteiger partial charge in [0.2, 0.25) is 0 Å². The molecule has 0 aliphatic heterocycles. The molecule has 0 aromatic carbocycles. The maximum Gasteiger partial charge on any atom is 0.130 e. The van der Waals surface area contributed by atoms with Crippen molar-refractivity contribution in [3.05, 3.63) is 0 Å². The van der Waals surface area contributed by atoms with E-state index >= 15 is 0 Å². The third-order valence-electron chi connectivity index (χ3n) is 8.32. The Morgan fingerprint density at radius 1 is 0.955 bits per heavy atom. The summed E-state index contributed by atoms with van der Waals surface area (Å²) in [6.45, 7) is 2.26. The SMILES string of the molecule is C#C[C@]1(O)CC[C@H]2[C@@H]3CC[C@@H]4C[C@H](O)CC[C@@H]4[C@H]3CC[C@@]21C. The van der Waals surface area contributed by atoms with Crippen molar-refractivity contribution >= 4 is 0 Å². The molecule has 0 heterocycles. The van der Waals surface area contributed by atoms with Gasteiger partial charge in [0, 0.05) is 5.41 Å². The van der Waals surface area contributed by atoms with Gasteiger partial charge in [0.25, 0.3) is 0 Å². The Bertz CT molecular complexity index is 494. The quantitative estimate of drug-likeness (QED) is 0.674. The highest BCUT2D eigenvalue weighted by Crippen LogP contribution is 2.65. The number of terminal acetylenes is 1. The molecule has 22 heavy (non-hydrogen) atoms. The minimum atomic E-state index is -0.873. The van der Waals surface area contributed by atoms with Crippen LogP contribution in [0.1, 0.15) is 64.7 Å². The highest BCUT2D eigenvalue weighted by Gasteiger charge is 2.62. The Morgan fingerprint density at radius 3 is 2.50 bits per heavy atom. The lowest BCUT2D eigenvalue weighted by Crippen LogP contribution is -2.53. The first-order chi connectivity index (χ1) is 10.5. The van der Waals surface area contributed by atoms with Crippen LogP contribution >= 0.6 is 0 Å². The second-order valence-corrected chi connectivity index (χ2v) is 8.90. The number of fused-ring (bicyclic) bond motifs is 5. The lowest BCUT2D eigenvalue weighted by atomic mass is 9.49. The predicted octanol–water partition coefficient (Wildman–Crippen LogP) is 3.36. The first kappa shape index (κ1) is 15.0. The molecule has 0 amide bonds. The summed E-state index contributed by atoms with van der Waals surface area (Å²) in [4.78, 5) is 0. The van der Waals surface area contributed by atoms with Crippen LogP contribution in [-0.2, 0) is 0 Å². The monoisotopic (exact) mass is 302 g/mol. The smallest absolute Gasteiger partial charge is 0.130 e. The van der Waals surface area contributed by atoms with Crippen LogP contribution in [0.3, 0.4) is 0 Å².